The Morgan fingerprint density at radius 3 is 1.47 bits per heavy atom. The van der Waals surface area contributed by atoms with Crippen LogP contribution in [0.15, 0.2) is 210 Å². The Balaban J connectivity index is 1.23. The van der Waals surface area contributed by atoms with Crippen molar-refractivity contribution in [1.29, 1.82) is 0 Å². The SMILES string of the molecule is [2H]c1c([2H])c([2H])c(-c2c([2H])c([2H])c(-n3c4c([2H])c([2H])c([2H])c([2H])c4c4c([2H])c(-c5c([2H])c([2H])c6c(c5[2H])c5c([2H])c([2H])c([2H])c([2H])c5n6-c5c([2H])c([2H])c6oc7c([2H])c([2H])c([2H])c(-c8c([2H])c([2H])c([2H])c([2H])c8[2H])c7c6c5[2H])c([2H])c([2H])c43)c([2H])c2[2H])c([2H])c1[2H]. The molecule has 0 saturated carbocycles. The highest BCUT2D eigenvalue weighted by Crippen LogP contribution is 2.41. The first-order chi connectivity index (χ1) is 42.4. The zero-order valence-corrected chi connectivity index (χ0v) is 28.3. The standard InChI is InChI=1S/C54H34N2O/c1-3-12-35(13-4-1)36-22-26-40(27-23-36)55-48-19-9-7-16-43(48)45-32-38(24-29-50(45)55)39-25-30-51-46(33-39)44-17-8-10-20-49(44)56(51)41-28-31-52-47(34-41)54-42(18-11-21-53(54)57-52)37-14-5-2-6-15-37/h1-34H/i1D,2D,3D,4D,5D,6D,7D,8D,9D,10D,11D,12D,13D,14D,15D,16D,17D,18D,19D,20D,21D,22D,23D,24D,25D,26D,27D,28D,29D,30D,31D,32D,33D,34D. The van der Waals surface area contributed by atoms with Crippen molar-refractivity contribution < 1.29 is 51.0 Å². The Bertz CT molecular complexity index is 5440. The molecule has 3 heteroatoms. The molecule has 0 aliphatic carbocycles. The van der Waals surface area contributed by atoms with E-state index in [9.17, 15) is 20.6 Å². The second-order valence-corrected chi connectivity index (χ2v) is 12.3. The van der Waals surface area contributed by atoms with Gasteiger partial charge in [0.1, 0.15) is 11.2 Å². The highest BCUT2D eigenvalue weighted by molar-refractivity contribution is 6.15. The third kappa shape index (κ3) is 4.92. The van der Waals surface area contributed by atoms with Crippen molar-refractivity contribution in [2.24, 2.45) is 0 Å². The normalized spacial score (nSPS) is 20.2. The molecule has 0 fully saturated rings. The molecular formula is C54H34N2O. The van der Waals surface area contributed by atoms with E-state index in [1.807, 2.05) is 0 Å². The van der Waals surface area contributed by atoms with Crippen molar-refractivity contribution in [2.75, 3.05) is 0 Å². The van der Waals surface area contributed by atoms with E-state index in [2.05, 4.69) is 0 Å². The van der Waals surface area contributed by atoms with E-state index in [1.165, 1.54) is 0 Å². The molecule has 3 nitrogen and oxygen atoms in total. The summed E-state index contributed by atoms with van der Waals surface area (Å²) < 4.78 is 315. The van der Waals surface area contributed by atoms with Crippen LogP contribution in [-0.4, -0.2) is 9.13 Å². The van der Waals surface area contributed by atoms with Gasteiger partial charge >= 0.3 is 0 Å². The van der Waals surface area contributed by atoms with Crippen LogP contribution in [0.25, 0.3) is 110 Å². The maximum atomic E-state index is 10.0. The third-order valence-corrected chi connectivity index (χ3v) is 9.18. The molecule has 9 aromatic carbocycles. The van der Waals surface area contributed by atoms with Gasteiger partial charge in [0.2, 0.25) is 0 Å². The predicted octanol–water partition coefficient (Wildman–Crippen LogP) is 14.8. The van der Waals surface area contributed by atoms with Crippen LogP contribution in [0.2, 0.25) is 0 Å². The van der Waals surface area contributed by atoms with E-state index in [0.29, 0.717) is 9.13 Å². The second kappa shape index (κ2) is 12.5. The van der Waals surface area contributed by atoms with Gasteiger partial charge in [-0.3, -0.25) is 0 Å². The predicted molar refractivity (Wildman–Crippen MR) is 239 cm³/mol. The Morgan fingerprint density at radius 2 is 0.825 bits per heavy atom. The Labute approximate surface area is 376 Å². The maximum absolute atomic E-state index is 10.0. The molecule has 0 aliphatic rings. The molecule has 0 aliphatic heterocycles. The van der Waals surface area contributed by atoms with Crippen molar-refractivity contribution in [3.05, 3.63) is 205 Å². The summed E-state index contributed by atoms with van der Waals surface area (Å²) in [5, 5.41) is -3.91. The number of nitrogens with zero attached hydrogens (tertiary/aromatic N) is 2. The third-order valence-electron chi connectivity index (χ3n) is 9.18. The first kappa shape index (κ1) is 13.0. The fraction of sp³-hybridized carbons (Fsp3) is 0. The summed E-state index contributed by atoms with van der Waals surface area (Å²) in [6, 6.07) is -33.0. The first-order valence-corrected chi connectivity index (χ1v) is 16.7. The van der Waals surface area contributed by atoms with Crippen LogP contribution in [0.4, 0.5) is 0 Å². The van der Waals surface area contributed by atoms with Crippen LogP contribution in [0.1, 0.15) is 46.6 Å². The van der Waals surface area contributed by atoms with Gasteiger partial charge in [0.15, 0.2) is 0 Å². The fourth-order valence-electron chi connectivity index (χ4n) is 6.76. The van der Waals surface area contributed by atoms with Gasteiger partial charge in [0.05, 0.1) is 68.7 Å². The van der Waals surface area contributed by atoms with Gasteiger partial charge in [-0.1, -0.05) is 133 Å². The molecule has 0 unspecified atom stereocenters. The zero-order chi connectivity index (χ0) is 67.0. The summed E-state index contributed by atoms with van der Waals surface area (Å²) in [5.74, 6) is 0. The molecular weight excluding hydrogens is 693 g/mol. The van der Waals surface area contributed by atoms with Gasteiger partial charge in [-0.05, 0) is 106 Å². The van der Waals surface area contributed by atoms with Gasteiger partial charge in [0.25, 0.3) is 0 Å². The molecule has 0 N–H and O–H groups in total. The van der Waals surface area contributed by atoms with E-state index in [1.54, 1.807) is 0 Å². The number of rotatable bonds is 5. The van der Waals surface area contributed by atoms with Crippen molar-refractivity contribution in [3.8, 4) is 44.8 Å². The number of furan rings is 1. The first-order valence-electron chi connectivity index (χ1n) is 33.7. The lowest BCUT2D eigenvalue weighted by Gasteiger charge is -2.10. The van der Waals surface area contributed by atoms with E-state index in [-0.39, 0.29) is 0 Å². The largest absolute Gasteiger partial charge is 0.456 e. The van der Waals surface area contributed by atoms with Gasteiger partial charge in [-0.2, -0.15) is 0 Å². The van der Waals surface area contributed by atoms with Gasteiger partial charge in [-0.15, -0.1) is 0 Å². The van der Waals surface area contributed by atoms with Crippen LogP contribution in [0.5, 0.6) is 0 Å². The molecule has 266 valence electrons. The minimum absolute atomic E-state index is 0.556. The fourth-order valence-corrected chi connectivity index (χ4v) is 6.76. The molecule has 0 saturated heterocycles. The van der Waals surface area contributed by atoms with Crippen molar-refractivity contribution in [1.82, 2.24) is 9.13 Å². The number of benzene rings is 9. The zero-order valence-electron chi connectivity index (χ0n) is 62.3. The highest BCUT2D eigenvalue weighted by Gasteiger charge is 2.18. The molecule has 0 spiro atoms. The lowest BCUT2D eigenvalue weighted by molar-refractivity contribution is 0.669. The second-order valence-electron chi connectivity index (χ2n) is 12.3. The maximum Gasteiger partial charge on any atom is 0.136 e. The molecule has 0 radical (unpaired) electrons. The number of aromatic nitrogens is 2. The monoisotopic (exact) mass is 760 g/mol. The molecule has 12 rings (SSSR count). The number of fused-ring (bicyclic) bond motifs is 9. The van der Waals surface area contributed by atoms with E-state index in [4.69, 9.17) is 30.5 Å². The summed E-state index contributed by atoms with van der Waals surface area (Å²) in [6.07, 6.45) is 0. The van der Waals surface area contributed by atoms with E-state index < -0.39 is 316 Å². The summed E-state index contributed by atoms with van der Waals surface area (Å²) in [5.41, 5.74) is -10.8. The molecule has 57 heavy (non-hydrogen) atoms. The number of hydrogen-bond acceptors (Lipinski definition) is 1. The lowest BCUT2D eigenvalue weighted by atomic mass is 9.99. The van der Waals surface area contributed by atoms with Crippen LogP contribution in [0, 0.1) is 0 Å². The average molecular weight is 761 g/mol. The molecule has 0 amide bonds. The number of para-hydroxylation sites is 2. The van der Waals surface area contributed by atoms with Gasteiger partial charge in [0, 0.05) is 43.7 Å². The summed E-state index contributed by atoms with van der Waals surface area (Å²) in [6.45, 7) is 0. The van der Waals surface area contributed by atoms with Crippen molar-refractivity contribution >= 4 is 65.6 Å². The summed E-state index contributed by atoms with van der Waals surface area (Å²) >= 11 is 0. The minimum atomic E-state index is -1.13. The highest BCUT2D eigenvalue weighted by atomic mass is 16.3. The molecule has 0 bridgehead atoms. The minimum Gasteiger partial charge on any atom is -0.456 e. The Morgan fingerprint density at radius 1 is 0.316 bits per heavy atom. The molecule has 0 atom stereocenters. The quantitative estimate of drug-likeness (QED) is 0.171. The Hall–Kier alpha value is -7.62. The molecule has 3 aromatic heterocycles. The van der Waals surface area contributed by atoms with Gasteiger partial charge < -0.3 is 13.6 Å². The van der Waals surface area contributed by atoms with Crippen LogP contribution in [-0.2, 0) is 0 Å². The van der Waals surface area contributed by atoms with Crippen molar-refractivity contribution in [2.45, 2.75) is 0 Å². The average Bonchev–Trinajstić information content (AvgIpc) is 1.55. The molecule has 12 aromatic rings. The summed E-state index contributed by atoms with van der Waals surface area (Å²) in [4.78, 5) is 0. The van der Waals surface area contributed by atoms with E-state index >= 15 is 0 Å². The van der Waals surface area contributed by atoms with Crippen LogP contribution in [0.3, 0.4) is 0 Å². The smallest absolute Gasteiger partial charge is 0.136 e. The van der Waals surface area contributed by atoms with Crippen LogP contribution >= 0.6 is 0 Å². The lowest BCUT2D eigenvalue weighted by Crippen LogP contribution is -1.94. The molecule has 3 heterocycles. The number of hydrogen-bond donors (Lipinski definition) is 0. The Kier molecular flexibility index (Phi) is 2.84. The van der Waals surface area contributed by atoms with Gasteiger partial charge in [-0.25, -0.2) is 0 Å². The van der Waals surface area contributed by atoms with Crippen LogP contribution < -0.4 is 0 Å². The summed E-state index contributed by atoms with van der Waals surface area (Å²) in [7, 11) is 0. The topological polar surface area (TPSA) is 23.0 Å². The van der Waals surface area contributed by atoms with Crippen molar-refractivity contribution in [3.63, 3.8) is 0 Å². The van der Waals surface area contributed by atoms with E-state index in [0.717, 1.165) is 0 Å².